The van der Waals surface area contributed by atoms with Crippen LogP contribution in [0.2, 0.25) is 5.02 Å². The fourth-order valence-corrected chi connectivity index (χ4v) is 3.43. The zero-order valence-electron chi connectivity index (χ0n) is 9.45. The van der Waals surface area contributed by atoms with E-state index in [9.17, 15) is 4.79 Å². The van der Waals surface area contributed by atoms with Crippen molar-refractivity contribution < 1.29 is 4.79 Å². The number of hydrogen-bond acceptors (Lipinski definition) is 2. The summed E-state index contributed by atoms with van der Waals surface area (Å²) in [4.78, 5) is 14.2. The Kier molecular flexibility index (Phi) is 4.39. The van der Waals surface area contributed by atoms with Crippen LogP contribution in [0.3, 0.4) is 0 Å². The Morgan fingerprint density at radius 2 is 2.35 bits per heavy atom. The largest absolute Gasteiger partial charge is 0.337 e. The van der Waals surface area contributed by atoms with E-state index in [0.717, 1.165) is 23.3 Å². The van der Waals surface area contributed by atoms with Crippen LogP contribution in [-0.2, 0) is 0 Å². The topological polar surface area (TPSA) is 20.3 Å². The number of carbonyl (C=O) groups excluding carboxylic acids is 1. The summed E-state index contributed by atoms with van der Waals surface area (Å²) in [6.45, 7) is 3.75. The van der Waals surface area contributed by atoms with Crippen molar-refractivity contribution in [2.45, 2.75) is 12.2 Å². The van der Waals surface area contributed by atoms with Crippen LogP contribution in [0.1, 0.15) is 17.3 Å². The van der Waals surface area contributed by atoms with Crippen LogP contribution >= 0.6 is 39.3 Å². The summed E-state index contributed by atoms with van der Waals surface area (Å²) in [6.07, 6.45) is 0. The molecule has 1 aliphatic heterocycles. The normalized spacial score (nSPS) is 20.4. The number of halogens is 2. The van der Waals surface area contributed by atoms with E-state index in [0.29, 0.717) is 15.8 Å². The predicted octanol–water partition coefficient (Wildman–Crippen LogP) is 3.68. The first-order chi connectivity index (χ1) is 8.09. The summed E-state index contributed by atoms with van der Waals surface area (Å²) >= 11 is 11.4. The van der Waals surface area contributed by atoms with Crippen LogP contribution in [0.4, 0.5) is 0 Å². The van der Waals surface area contributed by atoms with E-state index in [2.05, 4.69) is 22.9 Å². The SMILES string of the molecule is CC1CN(C(=O)c2cccc(Br)c2Cl)CCS1. The summed E-state index contributed by atoms with van der Waals surface area (Å²) < 4.78 is 0.768. The maximum absolute atomic E-state index is 12.3. The zero-order chi connectivity index (χ0) is 12.4. The average Bonchev–Trinajstić information content (AvgIpc) is 2.32. The van der Waals surface area contributed by atoms with E-state index in [1.807, 2.05) is 28.8 Å². The molecule has 1 aromatic carbocycles. The van der Waals surface area contributed by atoms with Gasteiger partial charge in [-0.1, -0.05) is 24.6 Å². The molecule has 5 heteroatoms. The number of thioether (sulfide) groups is 1. The van der Waals surface area contributed by atoms with E-state index >= 15 is 0 Å². The van der Waals surface area contributed by atoms with Gasteiger partial charge >= 0.3 is 0 Å². The minimum atomic E-state index is 0.0310. The third-order valence-corrected chi connectivity index (χ3v) is 5.14. The van der Waals surface area contributed by atoms with Gasteiger partial charge in [-0.2, -0.15) is 11.8 Å². The Morgan fingerprint density at radius 3 is 3.06 bits per heavy atom. The molecule has 0 aromatic heterocycles. The Bertz CT molecular complexity index is 441. The lowest BCUT2D eigenvalue weighted by Crippen LogP contribution is -2.41. The highest BCUT2D eigenvalue weighted by Crippen LogP contribution is 2.28. The zero-order valence-corrected chi connectivity index (χ0v) is 12.6. The number of hydrogen-bond donors (Lipinski definition) is 0. The lowest BCUT2D eigenvalue weighted by Gasteiger charge is -2.30. The first-order valence-electron chi connectivity index (χ1n) is 5.44. The van der Waals surface area contributed by atoms with Crippen LogP contribution in [0, 0.1) is 0 Å². The van der Waals surface area contributed by atoms with Crippen molar-refractivity contribution in [2.75, 3.05) is 18.8 Å². The van der Waals surface area contributed by atoms with Gasteiger partial charge in [-0.3, -0.25) is 4.79 Å². The number of rotatable bonds is 1. The number of nitrogens with zero attached hydrogens (tertiary/aromatic N) is 1. The third kappa shape index (κ3) is 2.98. The van der Waals surface area contributed by atoms with E-state index in [1.54, 1.807) is 6.07 Å². The molecule has 1 aliphatic rings. The van der Waals surface area contributed by atoms with Crippen molar-refractivity contribution in [3.05, 3.63) is 33.3 Å². The molecule has 1 unspecified atom stereocenters. The smallest absolute Gasteiger partial charge is 0.255 e. The number of carbonyl (C=O) groups is 1. The molecule has 1 heterocycles. The first-order valence-corrected chi connectivity index (χ1v) is 7.66. The highest BCUT2D eigenvalue weighted by molar-refractivity contribution is 9.10. The Balaban J connectivity index is 2.22. The summed E-state index contributed by atoms with van der Waals surface area (Å²) in [6, 6.07) is 5.46. The molecular formula is C12H13BrClNOS. The van der Waals surface area contributed by atoms with E-state index in [4.69, 9.17) is 11.6 Å². The minimum absolute atomic E-state index is 0.0310. The van der Waals surface area contributed by atoms with Crippen LogP contribution in [-0.4, -0.2) is 34.9 Å². The van der Waals surface area contributed by atoms with Crippen molar-refractivity contribution in [1.82, 2.24) is 4.90 Å². The van der Waals surface area contributed by atoms with E-state index < -0.39 is 0 Å². The third-order valence-electron chi connectivity index (χ3n) is 2.71. The highest BCUT2D eigenvalue weighted by Gasteiger charge is 2.24. The van der Waals surface area contributed by atoms with Gasteiger partial charge < -0.3 is 4.90 Å². The molecule has 1 atom stereocenters. The second kappa shape index (κ2) is 5.63. The van der Waals surface area contributed by atoms with E-state index in [-0.39, 0.29) is 5.91 Å². The summed E-state index contributed by atoms with van der Waals surface area (Å²) in [5.41, 5.74) is 0.583. The molecule has 2 rings (SSSR count). The minimum Gasteiger partial charge on any atom is -0.337 e. The maximum atomic E-state index is 12.3. The van der Waals surface area contributed by atoms with Crippen molar-refractivity contribution in [1.29, 1.82) is 0 Å². The molecule has 0 saturated carbocycles. The second-order valence-electron chi connectivity index (χ2n) is 4.03. The summed E-state index contributed by atoms with van der Waals surface area (Å²) in [5.74, 6) is 1.03. The molecule has 1 fully saturated rings. The Morgan fingerprint density at radius 1 is 1.59 bits per heavy atom. The molecule has 0 radical (unpaired) electrons. The van der Waals surface area contributed by atoms with E-state index in [1.165, 1.54) is 0 Å². The average molecular weight is 335 g/mol. The van der Waals surface area contributed by atoms with Crippen molar-refractivity contribution in [3.8, 4) is 0 Å². The monoisotopic (exact) mass is 333 g/mol. The predicted molar refractivity (Wildman–Crippen MR) is 77.0 cm³/mol. The van der Waals surface area contributed by atoms with Crippen LogP contribution in [0.15, 0.2) is 22.7 Å². The van der Waals surface area contributed by atoms with Gasteiger partial charge in [0.1, 0.15) is 0 Å². The van der Waals surface area contributed by atoms with Gasteiger partial charge in [0.25, 0.3) is 5.91 Å². The second-order valence-corrected chi connectivity index (χ2v) is 6.81. The molecule has 17 heavy (non-hydrogen) atoms. The van der Waals surface area contributed by atoms with Crippen LogP contribution < -0.4 is 0 Å². The van der Waals surface area contributed by atoms with Gasteiger partial charge in [0.2, 0.25) is 0 Å². The standard InChI is InChI=1S/C12H13BrClNOS/c1-8-7-15(5-6-17-8)12(16)9-3-2-4-10(13)11(9)14/h2-4,8H,5-7H2,1H3. The van der Waals surface area contributed by atoms with Crippen molar-refractivity contribution >= 4 is 45.2 Å². The molecule has 1 saturated heterocycles. The Hall–Kier alpha value is -0.190. The van der Waals surface area contributed by atoms with Crippen molar-refractivity contribution in [3.63, 3.8) is 0 Å². The van der Waals surface area contributed by atoms with Gasteiger partial charge in [-0.25, -0.2) is 0 Å². The lowest BCUT2D eigenvalue weighted by molar-refractivity contribution is 0.0763. The van der Waals surface area contributed by atoms with Gasteiger partial charge in [-0.05, 0) is 28.1 Å². The fraction of sp³-hybridized carbons (Fsp3) is 0.417. The van der Waals surface area contributed by atoms with Crippen molar-refractivity contribution in [2.24, 2.45) is 0 Å². The van der Waals surface area contributed by atoms with Crippen LogP contribution in [0.5, 0.6) is 0 Å². The molecular weight excluding hydrogens is 322 g/mol. The molecule has 1 aromatic rings. The fourth-order valence-electron chi connectivity index (χ4n) is 1.84. The van der Waals surface area contributed by atoms with Gasteiger partial charge in [-0.15, -0.1) is 0 Å². The molecule has 0 bridgehead atoms. The van der Waals surface area contributed by atoms with Gasteiger partial charge in [0.15, 0.2) is 0 Å². The first kappa shape index (κ1) is 13.2. The molecule has 0 aliphatic carbocycles. The summed E-state index contributed by atoms with van der Waals surface area (Å²) in [5, 5.41) is 1.00. The van der Waals surface area contributed by atoms with Gasteiger partial charge in [0, 0.05) is 28.6 Å². The van der Waals surface area contributed by atoms with Crippen LogP contribution in [0.25, 0.3) is 0 Å². The molecule has 2 nitrogen and oxygen atoms in total. The Labute approximate surface area is 119 Å². The van der Waals surface area contributed by atoms with Gasteiger partial charge in [0.05, 0.1) is 10.6 Å². The lowest BCUT2D eigenvalue weighted by atomic mass is 10.2. The number of amides is 1. The molecule has 92 valence electrons. The quantitative estimate of drug-likeness (QED) is 0.781. The molecule has 1 amide bonds. The summed E-state index contributed by atoms with van der Waals surface area (Å²) in [7, 11) is 0. The molecule has 0 spiro atoms. The number of benzene rings is 1. The maximum Gasteiger partial charge on any atom is 0.255 e. The highest BCUT2D eigenvalue weighted by atomic mass is 79.9. The molecule has 0 N–H and O–H groups in total.